The van der Waals surface area contributed by atoms with Crippen LogP contribution in [-0.4, -0.2) is 34.3 Å². The minimum Gasteiger partial charge on any atom is -0.366 e. The molecule has 5 heteroatoms. The van der Waals surface area contributed by atoms with Crippen LogP contribution in [0.2, 0.25) is 0 Å². The van der Waals surface area contributed by atoms with E-state index in [1.54, 1.807) is 0 Å². The largest absolute Gasteiger partial charge is 0.366 e. The second-order valence-electron chi connectivity index (χ2n) is 6.39. The Balaban J connectivity index is 2.28. The van der Waals surface area contributed by atoms with Gasteiger partial charge in [0.05, 0.1) is 17.1 Å². The molecular formula is C14H22ClN3O. The number of aromatic nitrogens is 2. The molecule has 2 rings (SSSR count). The quantitative estimate of drug-likeness (QED) is 0.782. The molecule has 1 aliphatic rings. The Kier molecular flexibility index (Phi) is 3.76. The summed E-state index contributed by atoms with van der Waals surface area (Å²) in [4.78, 5) is 11.2. The van der Waals surface area contributed by atoms with Crippen LogP contribution < -0.4 is 4.90 Å². The predicted octanol–water partition coefficient (Wildman–Crippen LogP) is 2.92. The molecule has 0 radical (unpaired) electrons. The first kappa shape index (κ1) is 14.5. The highest BCUT2D eigenvalue weighted by atomic mass is 35.5. The lowest BCUT2D eigenvalue weighted by Gasteiger charge is -2.47. The number of halogens is 1. The number of rotatable bonds is 2. The lowest BCUT2D eigenvalue weighted by molar-refractivity contribution is -0.133. The first-order valence-corrected chi connectivity index (χ1v) is 7.09. The van der Waals surface area contributed by atoms with Gasteiger partial charge in [-0.05, 0) is 34.6 Å². The van der Waals surface area contributed by atoms with Crippen LogP contribution in [0.25, 0.3) is 0 Å². The van der Waals surface area contributed by atoms with Crippen LogP contribution in [0, 0.1) is 6.92 Å². The Bertz CT molecular complexity index is 458. The molecule has 0 atom stereocenters. The van der Waals surface area contributed by atoms with Crippen LogP contribution in [0.4, 0.5) is 5.95 Å². The second kappa shape index (κ2) is 4.91. The van der Waals surface area contributed by atoms with Gasteiger partial charge in [-0.25, -0.2) is 9.97 Å². The summed E-state index contributed by atoms with van der Waals surface area (Å²) in [7, 11) is 0. The van der Waals surface area contributed by atoms with E-state index in [0.29, 0.717) is 5.88 Å². The van der Waals surface area contributed by atoms with Crippen molar-refractivity contribution in [1.82, 2.24) is 9.97 Å². The number of aryl methyl sites for hydroxylation is 1. The molecule has 0 amide bonds. The van der Waals surface area contributed by atoms with E-state index in [1.165, 1.54) is 0 Å². The van der Waals surface area contributed by atoms with Gasteiger partial charge in [-0.15, -0.1) is 11.6 Å². The van der Waals surface area contributed by atoms with E-state index in [9.17, 15) is 0 Å². The first-order chi connectivity index (χ1) is 8.72. The van der Waals surface area contributed by atoms with Gasteiger partial charge in [-0.2, -0.15) is 0 Å². The van der Waals surface area contributed by atoms with Crippen LogP contribution >= 0.6 is 11.6 Å². The summed E-state index contributed by atoms with van der Waals surface area (Å²) in [6.45, 7) is 11.9. The Morgan fingerprint density at radius 1 is 1.26 bits per heavy atom. The summed E-state index contributed by atoms with van der Waals surface area (Å²) >= 11 is 5.85. The lowest BCUT2D eigenvalue weighted by Crippen LogP contribution is -2.57. The molecule has 0 aliphatic carbocycles. The number of hydrogen-bond donors (Lipinski definition) is 0. The van der Waals surface area contributed by atoms with Crippen LogP contribution in [0.15, 0.2) is 6.20 Å². The van der Waals surface area contributed by atoms with E-state index in [4.69, 9.17) is 16.3 Å². The summed E-state index contributed by atoms with van der Waals surface area (Å²) in [5.74, 6) is 1.21. The maximum absolute atomic E-state index is 6.07. The maximum Gasteiger partial charge on any atom is 0.225 e. The molecule has 2 heterocycles. The van der Waals surface area contributed by atoms with E-state index in [1.807, 2.05) is 13.1 Å². The Morgan fingerprint density at radius 3 is 2.32 bits per heavy atom. The third kappa shape index (κ3) is 3.37. The van der Waals surface area contributed by atoms with E-state index in [2.05, 4.69) is 42.6 Å². The molecule has 1 aromatic rings. The predicted molar refractivity (Wildman–Crippen MR) is 77.8 cm³/mol. The second-order valence-corrected chi connectivity index (χ2v) is 6.66. The zero-order valence-electron chi connectivity index (χ0n) is 12.3. The number of alkyl halides is 1. The fourth-order valence-corrected chi connectivity index (χ4v) is 2.95. The van der Waals surface area contributed by atoms with Gasteiger partial charge in [0.1, 0.15) is 0 Å². The van der Waals surface area contributed by atoms with Crippen molar-refractivity contribution < 1.29 is 4.74 Å². The summed E-state index contributed by atoms with van der Waals surface area (Å²) in [6, 6.07) is 0. The molecule has 4 nitrogen and oxygen atoms in total. The molecule has 0 N–H and O–H groups in total. The molecule has 19 heavy (non-hydrogen) atoms. The van der Waals surface area contributed by atoms with Gasteiger partial charge >= 0.3 is 0 Å². The number of morpholine rings is 1. The molecule has 1 aromatic heterocycles. The van der Waals surface area contributed by atoms with Crippen molar-refractivity contribution in [3.05, 3.63) is 17.5 Å². The molecule has 1 saturated heterocycles. The zero-order chi connectivity index (χ0) is 14.3. The van der Waals surface area contributed by atoms with E-state index in [-0.39, 0.29) is 11.2 Å². The monoisotopic (exact) mass is 283 g/mol. The summed E-state index contributed by atoms with van der Waals surface area (Å²) < 4.78 is 6.07. The van der Waals surface area contributed by atoms with E-state index in [0.717, 1.165) is 30.3 Å². The van der Waals surface area contributed by atoms with E-state index >= 15 is 0 Å². The van der Waals surface area contributed by atoms with Crippen molar-refractivity contribution in [2.45, 2.75) is 51.7 Å². The van der Waals surface area contributed by atoms with Crippen molar-refractivity contribution in [2.24, 2.45) is 0 Å². The SMILES string of the molecule is Cc1nc(N2CC(C)(C)OC(C)(C)C2)ncc1CCl. The van der Waals surface area contributed by atoms with Crippen LogP contribution in [0.1, 0.15) is 39.0 Å². The summed E-state index contributed by atoms with van der Waals surface area (Å²) in [5, 5.41) is 0. The summed E-state index contributed by atoms with van der Waals surface area (Å²) in [6.07, 6.45) is 1.82. The molecule has 0 saturated carbocycles. The first-order valence-electron chi connectivity index (χ1n) is 6.56. The smallest absolute Gasteiger partial charge is 0.225 e. The third-order valence-electron chi connectivity index (χ3n) is 3.19. The molecule has 0 bridgehead atoms. The van der Waals surface area contributed by atoms with Crippen molar-refractivity contribution >= 4 is 17.5 Å². The highest BCUT2D eigenvalue weighted by molar-refractivity contribution is 6.17. The van der Waals surface area contributed by atoms with Gasteiger partial charge in [0.2, 0.25) is 5.95 Å². The van der Waals surface area contributed by atoms with Gasteiger partial charge < -0.3 is 9.64 Å². The van der Waals surface area contributed by atoms with Crippen molar-refractivity contribution in [3.8, 4) is 0 Å². The fourth-order valence-electron chi connectivity index (χ4n) is 2.69. The molecule has 1 fully saturated rings. The Labute approximate surface area is 120 Å². The van der Waals surface area contributed by atoms with Crippen molar-refractivity contribution in [3.63, 3.8) is 0 Å². The average molecular weight is 284 g/mol. The van der Waals surface area contributed by atoms with Gasteiger partial charge in [0.15, 0.2) is 0 Å². The van der Waals surface area contributed by atoms with Gasteiger partial charge in [-0.3, -0.25) is 0 Å². The van der Waals surface area contributed by atoms with Gasteiger partial charge in [0, 0.05) is 30.5 Å². The van der Waals surface area contributed by atoms with Crippen molar-refractivity contribution in [1.29, 1.82) is 0 Å². The molecule has 106 valence electrons. The number of nitrogens with zero attached hydrogens (tertiary/aromatic N) is 3. The standard InChI is InChI=1S/C14H22ClN3O/c1-10-11(6-15)7-16-12(17-10)18-8-13(2,3)19-14(4,5)9-18/h7H,6,8-9H2,1-5H3. The summed E-state index contributed by atoms with van der Waals surface area (Å²) in [5.41, 5.74) is 1.52. The van der Waals surface area contributed by atoms with Crippen LogP contribution in [0.5, 0.6) is 0 Å². The maximum atomic E-state index is 6.07. The lowest BCUT2D eigenvalue weighted by atomic mass is 9.99. The molecule has 0 spiro atoms. The molecule has 0 aromatic carbocycles. The van der Waals surface area contributed by atoms with Gasteiger partial charge in [-0.1, -0.05) is 0 Å². The minimum atomic E-state index is -0.204. The highest BCUT2D eigenvalue weighted by Gasteiger charge is 2.39. The zero-order valence-corrected chi connectivity index (χ0v) is 13.1. The topological polar surface area (TPSA) is 38.2 Å². The highest BCUT2D eigenvalue weighted by Crippen LogP contribution is 2.30. The average Bonchev–Trinajstić information content (AvgIpc) is 2.24. The number of ether oxygens (including phenoxy) is 1. The molecular weight excluding hydrogens is 262 g/mol. The van der Waals surface area contributed by atoms with E-state index < -0.39 is 0 Å². The Hall–Kier alpha value is -0.870. The minimum absolute atomic E-state index is 0.204. The van der Waals surface area contributed by atoms with Gasteiger partial charge in [0.25, 0.3) is 0 Å². The van der Waals surface area contributed by atoms with Crippen molar-refractivity contribution in [2.75, 3.05) is 18.0 Å². The third-order valence-corrected chi connectivity index (χ3v) is 3.48. The normalized spacial score (nSPS) is 21.5. The molecule has 1 aliphatic heterocycles. The van der Waals surface area contributed by atoms with Crippen LogP contribution in [0.3, 0.4) is 0 Å². The van der Waals surface area contributed by atoms with Crippen LogP contribution in [-0.2, 0) is 10.6 Å². The Morgan fingerprint density at radius 2 is 1.84 bits per heavy atom. The molecule has 0 unspecified atom stereocenters. The number of hydrogen-bond acceptors (Lipinski definition) is 4. The number of anilines is 1. The fraction of sp³-hybridized carbons (Fsp3) is 0.714.